The van der Waals surface area contributed by atoms with Crippen LogP contribution in [0.3, 0.4) is 0 Å². The minimum absolute atomic E-state index is 0.307. The maximum Gasteiger partial charge on any atom is 0.494 e. The molecule has 1 atom stereocenters. The number of hydrogen-bond acceptors (Lipinski definition) is 5. The van der Waals surface area contributed by atoms with Crippen LogP contribution in [0.15, 0.2) is 18.2 Å². The molecule has 2 saturated heterocycles. The van der Waals surface area contributed by atoms with Gasteiger partial charge >= 0.3 is 7.12 Å². The maximum atomic E-state index is 6.19. The van der Waals surface area contributed by atoms with Crippen molar-refractivity contribution in [1.82, 2.24) is 0 Å². The zero-order chi connectivity index (χ0) is 17.5. The van der Waals surface area contributed by atoms with Gasteiger partial charge in [-0.2, -0.15) is 0 Å². The molecule has 0 bridgehead atoms. The highest BCUT2D eigenvalue weighted by Gasteiger charge is 2.51. The molecular weight excluding hydrogens is 305 g/mol. The van der Waals surface area contributed by atoms with Gasteiger partial charge in [-0.25, -0.2) is 0 Å². The summed E-state index contributed by atoms with van der Waals surface area (Å²) in [7, 11) is 1.34. The van der Waals surface area contributed by atoms with Crippen molar-refractivity contribution in [3.63, 3.8) is 0 Å². The first-order valence-corrected chi connectivity index (χ1v) is 8.63. The number of methoxy groups -OCH3 is 1. The van der Waals surface area contributed by atoms with Gasteiger partial charge < -0.3 is 23.7 Å². The summed E-state index contributed by atoms with van der Waals surface area (Å²) in [5.41, 5.74) is 1.40. The highest BCUT2D eigenvalue weighted by Crippen LogP contribution is 2.37. The van der Waals surface area contributed by atoms with Crippen LogP contribution < -0.4 is 15.1 Å². The van der Waals surface area contributed by atoms with Crippen molar-refractivity contribution in [3.8, 4) is 5.75 Å². The van der Waals surface area contributed by atoms with Gasteiger partial charge in [0, 0.05) is 12.6 Å². The lowest BCUT2D eigenvalue weighted by atomic mass is 9.78. The normalized spacial score (nSPS) is 25.8. The van der Waals surface area contributed by atoms with Crippen LogP contribution in [0.2, 0.25) is 0 Å². The third-order valence-corrected chi connectivity index (χ3v) is 5.41. The van der Waals surface area contributed by atoms with Gasteiger partial charge in [0.15, 0.2) is 0 Å². The Kier molecular flexibility index (Phi) is 4.58. The van der Waals surface area contributed by atoms with Gasteiger partial charge in [0.25, 0.3) is 0 Å². The lowest BCUT2D eigenvalue weighted by Gasteiger charge is -2.36. The minimum atomic E-state index is -0.365. The number of ether oxygens (including phenoxy) is 2. The van der Waals surface area contributed by atoms with Crippen molar-refractivity contribution in [3.05, 3.63) is 18.2 Å². The average molecular weight is 333 g/mol. The van der Waals surface area contributed by atoms with Gasteiger partial charge in [0.05, 0.1) is 37.2 Å². The molecule has 24 heavy (non-hydrogen) atoms. The van der Waals surface area contributed by atoms with E-state index in [0.29, 0.717) is 6.04 Å². The molecule has 2 heterocycles. The average Bonchev–Trinajstić information content (AvgIpc) is 2.75. The van der Waals surface area contributed by atoms with E-state index in [1.54, 1.807) is 7.11 Å². The van der Waals surface area contributed by atoms with Crippen molar-refractivity contribution in [2.24, 2.45) is 0 Å². The Morgan fingerprint density at radius 3 is 2.42 bits per heavy atom. The molecule has 132 valence electrons. The maximum absolute atomic E-state index is 6.19. The minimum Gasteiger partial charge on any atom is -0.495 e. The van der Waals surface area contributed by atoms with E-state index in [9.17, 15) is 0 Å². The molecule has 1 aromatic carbocycles. The van der Waals surface area contributed by atoms with Crippen LogP contribution in [0.1, 0.15) is 34.6 Å². The lowest BCUT2D eigenvalue weighted by Crippen LogP contribution is -2.44. The Balaban J connectivity index is 1.92. The Morgan fingerprint density at radius 2 is 1.83 bits per heavy atom. The van der Waals surface area contributed by atoms with Gasteiger partial charge in [0.2, 0.25) is 0 Å². The lowest BCUT2D eigenvalue weighted by molar-refractivity contribution is 0.00578. The molecule has 2 fully saturated rings. The Labute approximate surface area is 145 Å². The van der Waals surface area contributed by atoms with Crippen LogP contribution in [0, 0.1) is 0 Å². The first-order valence-electron chi connectivity index (χ1n) is 8.63. The second-order valence-electron chi connectivity index (χ2n) is 7.64. The number of anilines is 1. The van der Waals surface area contributed by atoms with Crippen molar-refractivity contribution < 1.29 is 18.8 Å². The van der Waals surface area contributed by atoms with Crippen molar-refractivity contribution in [1.29, 1.82) is 0 Å². The summed E-state index contributed by atoms with van der Waals surface area (Å²) in [4.78, 5) is 2.33. The van der Waals surface area contributed by atoms with E-state index >= 15 is 0 Å². The highest BCUT2D eigenvalue weighted by molar-refractivity contribution is 6.62. The number of benzene rings is 1. The number of morpholine rings is 1. The molecule has 5 nitrogen and oxygen atoms in total. The molecule has 0 aromatic heterocycles. The molecular formula is C18H28BNO4. The fourth-order valence-corrected chi connectivity index (χ4v) is 3.14. The van der Waals surface area contributed by atoms with Crippen LogP contribution >= 0.6 is 0 Å². The Bertz CT molecular complexity index is 589. The molecule has 0 saturated carbocycles. The van der Waals surface area contributed by atoms with Crippen LogP contribution in [0.25, 0.3) is 0 Å². The summed E-state index contributed by atoms with van der Waals surface area (Å²) in [6.45, 7) is 12.8. The van der Waals surface area contributed by atoms with Crippen LogP contribution in [0.4, 0.5) is 5.69 Å². The predicted octanol–water partition coefficient (Wildman–Crippen LogP) is 2.22. The van der Waals surface area contributed by atoms with Gasteiger partial charge in [-0.3, -0.25) is 0 Å². The van der Waals surface area contributed by atoms with E-state index in [1.807, 2.05) is 12.1 Å². The zero-order valence-corrected chi connectivity index (χ0v) is 15.6. The Morgan fingerprint density at radius 1 is 1.17 bits per heavy atom. The zero-order valence-electron chi connectivity index (χ0n) is 15.6. The standard InChI is InChI=1S/C18H28BNO4/c1-13-12-22-10-9-20(13)15-11-14(7-8-16(15)21-6)19-23-17(2,3)18(4,5)24-19/h7-8,11,13H,9-10,12H2,1-6H3/t13-/m0/s1. The molecule has 0 radical (unpaired) electrons. The van der Waals surface area contributed by atoms with Crippen molar-refractivity contribution in [2.75, 3.05) is 31.8 Å². The molecule has 0 N–H and O–H groups in total. The second-order valence-corrected chi connectivity index (χ2v) is 7.64. The van der Waals surface area contributed by atoms with Gasteiger partial charge in [0.1, 0.15) is 5.75 Å². The van der Waals surface area contributed by atoms with E-state index < -0.39 is 0 Å². The van der Waals surface area contributed by atoms with Gasteiger partial charge in [-0.1, -0.05) is 6.07 Å². The summed E-state index contributed by atoms with van der Waals surface area (Å²) in [6, 6.07) is 6.46. The molecule has 6 heteroatoms. The third-order valence-electron chi connectivity index (χ3n) is 5.41. The van der Waals surface area contributed by atoms with E-state index in [2.05, 4.69) is 45.6 Å². The fraction of sp³-hybridized carbons (Fsp3) is 0.667. The molecule has 0 spiro atoms. The summed E-state index contributed by atoms with van der Waals surface area (Å²) in [6.07, 6.45) is 0. The molecule has 1 aromatic rings. The fourth-order valence-electron chi connectivity index (χ4n) is 3.14. The molecule has 0 amide bonds. The first kappa shape index (κ1) is 17.6. The van der Waals surface area contributed by atoms with E-state index in [-0.39, 0.29) is 18.3 Å². The van der Waals surface area contributed by atoms with E-state index in [1.165, 1.54) is 0 Å². The molecule has 0 unspecified atom stereocenters. The summed E-state index contributed by atoms with van der Waals surface area (Å²) < 4.78 is 23.5. The summed E-state index contributed by atoms with van der Waals surface area (Å²) >= 11 is 0. The Hall–Kier alpha value is -1.24. The molecule has 2 aliphatic rings. The smallest absolute Gasteiger partial charge is 0.494 e. The summed E-state index contributed by atoms with van der Waals surface area (Å²) in [5.74, 6) is 0.865. The van der Waals surface area contributed by atoms with E-state index in [4.69, 9.17) is 18.8 Å². The van der Waals surface area contributed by atoms with E-state index in [0.717, 1.165) is 36.7 Å². The van der Waals surface area contributed by atoms with Crippen LogP contribution in [-0.2, 0) is 14.0 Å². The topological polar surface area (TPSA) is 40.2 Å². The third kappa shape index (κ3) is 3.03. The highest BCUT2D eigenvalue weighted by atomic mass is 16.7. The molecule has 0 aliphatic carbocycles. The number of rotatable bonds is 3. The van der Waals surface area contributed by atoms with Crippen molar-refractivity contribution in [2.45, 2.75) is 51.9 Å². The van der Waals surface area contributed by atoms with Gasteiger partial charge in [-0.15, -0.1) is 0 Å². The molecule has 2 aliphatic heterocycles. The quantitative estimate of drug-likeness (QED) is 0.794. The van der Waals surface area contributed by atoms with Gasteiger partial charge in [-0.05, 0) is 52.2 Å². The van der Waals surface area contributed by atoms with Crippen LogP contribution in [-0.4, -0.2) is 51.2 Å². The SMILES string of the molecule is COc1ccc(B2OC(C)(C)C(C)(C)O2)cc1N1CCOC[C@@H]1C. The summed E-state index contributed by atoms with van der Waals surface area (Å²) in [5, 5.41) is 0. The second kappa shape index (κ2) is 6.25. The molecule has 3 rings (SSSR count). The number of hydrogen-bond donors (Lipinski definition) is 0. The van der Waals surface area contributed by atoms with Crippen LogP contribution in [0.5, 0.6) is 5.75 Å². The largest absolute Gasteiger partial charge is 0.495 e. The van der Waals surface area contributed by atoms with Crippen molar-refractivity contribution >= 4 is 18.3 Å². The monoisotopic (exact) mass is 333 g/mol. The predicted molar refractivity (Wildman–Crippen MR) is 96.3 cm³/mol. The number of nitrogens with zero attached hydrogens (tertiary/aromatic N) is 1. The first-order chi connectivity index (χ1) is 11.2.